The molecule has 0 aliphatic heterocycles. The Kier molecular flexibility index (Phi) is 4.28. The van der Waals surface area contributed by atoms with Crippen LogP contribution in [-0.2, 0) is 13.1 Å². The van der Waals surface area contributed by atoms with Crippen LogP contribution in [0.25, 0.3) is 10.9 Å². The Morgan fingerprint density at radius 2 is 2.00 bits per heavy atom. The number of benzene rings is 1. The van der Waals surface area contributed by atoms with Crippen LogP contribution in [0.15, 0.2) is 55.0 Å². The minimum Gasteiger partial charge on any atom is -0.361 e. The molecule has 108 valence electrons. The normalized spacial score (nSPS) is 11.3. The number of hydrogen-bond donors (Lipinski definition) is 2. The smallest absolute Gasteiger partial charge is 0.0457 e. The summed E-state index contributed by atoms with van der Waals surface area (Å²) in [6, 6.07) is 12.5. The van der Waals surface area contributed by atoms with Gasteiger partial charge in [0.15, 0.2) is 0 Å². The fraction of sp³-hybridized carbons (Fsp3) is 0.235. The first kappa shape index (κ1) is 13.8. The number of aromatic nitrogens is 2. The quantitative estimate of drug-likeness (QED) is 0.729. The lowest BCUT2D eigenvalue weighted by Gasteiger charge is -2.21. The number of pyridine rings is 1. The predicted octanol–water partition coefficient (Wildman–Crippen LogP) is 2.52. The Morgan fingerprint density at radius 1 is 1.10 bits per heavy atom. The summed E-state index contributed by atoms with van der Waals surface area (Å²) in [5.74, 6) is 0. The van der Waals surface area contributed by atoms with Crippen LogP contribution in [0.3, 0.4) is 0 Å². The second-order valence-corrected chi connectivity index (χ2v) is 5.22. The standard InChI is InChI=1S/C17H20N4/c18-7-9-21(12-14-4-3-8-19-10-14)13-15-11-20-17-6-2-1-5-16(15)17/h1-6,8,10-11,20H,7,9,12-13,18H2. The third-order valence-corrected chi connectivity index (χ3v) is 3.64. The van der Waals surface area contributed by atoms with E-state index in [9.17, 15) is 0 Å². The molecule has 4 nitrogen and oxygen atoms in total. The van der Waals surface area contributed by atoms with E-state index in [-0.39, 0.29) is 0 Å². The summed E-state index contributed by atoms with van der Waals surface area (Å²) >= 11 is 0. The lowest BCUT2D eigenvalue weighted by molar-refractivity contribution is 0.265. The van der Waals surface area contributed by atoms with E-state index in [1.54, 1.807) is 6.20 Å². The minimum atomic E-state index is 0.655. The number of para-hydroxylation sites is 1. The van der Waals surface area contributed by atoms with E-state index in [0.717, 1.165) is 19.6 Å². The zero-order valence-electron chi connectivity index (χ0n) is 12.0. The van der Waals surface area contributed by atoms with Crippen LogP contribution < -0.4 is 5.73 Å². The monoisotopic (exact) mass is 280 g/mol. The van der Waals surface area contributed by atoms with E-state index in [0.29, 0.717) is 6.54 Å². The molecule has 21 heavy (non-hydrogen) atoms. The molecular weight excluding hydrogens is 260 g/mol. The van der Waals surface area contributed by atoms with Crippen LogP contribution >= 0.6 is 0 Å². The van der Waals surface area contributed by atoms with E-state index >= 15 is 0 Å². The summed E-state index contributed by atoms with van der Waals surface area (Å²) in [5.41, 5.74) is 9.46. The van der Waals surface area contributed by atoms with E-state index in [1.165, 1.54) is 22.0 Å². The molecule has 3 rings (SSSR count). The van der Waals surface area contributed by atoms with Crippen molar-refractivity contribution < 1.29 is 0 Å². The first-order valence-corrected chi connectivity index (χ1v) is 7.23. The van der Waals surface area contributed by atoms with Gasteiger partial charge in [0.05, 0.1) is 0 Å². The third-order valence-electron chi connectivity index (χ3n) is 3.64. The number of aromatic amines is 1. The van der Waals surface area contributed by atoms with Crippen molar-refractivity contribution >= 4 is 10.9 Å². The van der Waals surface area contributed by atoms with E-state index in [1.807, 2.05) is 12.3 Å². The van der Waals surface area contributed by atoms with Crippen molar-refractivity contribution in [2.75, 3.05) is 13.1 Å². The maximum absolute atomic E-state index is 5.76. The van der Waals surface area contributed by atoms with Crippen molar-refractivity contribution in [3.05, 3.63) is 66.1 Å². The number of nitrogens with one attached hydrogen (secondary N) is 1. The largest absolute Gasteiger partial charge is 0.361 e. The van der Waals surface area contributed by atoms with Gasteiger partial charge in [0.25, 0.3) is 0 Å². The molecule has 2 aromatic heterocycles. The zero-order valence-corrected chi connectivity index (χ0v) is 12.0. The molecule has 0 unspecified atom stereocenters. The van der Waals surface area contributed by atoms with Crippen LogP contribution in [-0.4, -0.2) is 28.0 Å². The lowest BCUT2D eigenvalue weighted by Crippen LogP contribution is -2.28. The van der Waals surface area contributed by atoms with Crippen LogP contribution in [0.5, 0.6) is 0 Å². The van der Waals surface area contributed by atoms with Gasteiger partial charge in [0.2, 0.25) is 0 Å². The van der Waals surface area contributed by atoms with Crippen LogP contribution in [0.1, 0.15) is 11.1 Å². The van der Waals surface area contributed by atoms with Crippen LogP contribution in [0, 0.1) is 0 Å². The average molecular weight is 280 g/mol. The summed E-state index contributed by atoms with van der Waals surface area (Å²) in [4.78, 5) is 9.86. The van der Waals surface area contributed by atoms with Crippen molar-refractivity contribution in [2.24, 2.45) is 5.73 Å². The maximum atomic E-state index is 5.76. The molecule has 0 aliphatic rings. The average Bonchev–Trinajstić information content (AvgIpc) is 2.92. The van der Waals surface area contributed by atoms with E-state index in [2.05, 4.69) is 51.4 Å². The van der Waals surface area contributed by atoms with Crippen molar-refractivity contribution in [2.45, 2.75) is 13.1 Å². The summed E-state index contributed by atoms with van der Waals surface area (Å²) in [5, 5.41) is 1.28. The molecule has 3 N–H and O–H groups in total. The molecular formula is C17H20N4. The highest BCUT2D eigenvalue weighted by atomic mass is 15.1. The van der Waals surface area contributed by atoms with Crippen molar-refractivity contribution in [1.82, 2.24) is 14.9 Å². The van der Waals surface area contributed by atoms with E-state index < -0.39 is 0 Å². The molecule has 0 radical (unpaired) electrons. The number of rotatable bonds is 6. The molecule has 0 amide bonds. The Hall–Kier alpha value is -2.17. The van der Waals surface area contributed by atoms with Crippen LogP contribution in [0.4, 0.5) is 0 Å². The van der Waals surface area contributed by atoms with Gasteiger partial charge in [-0.15, -0.1) is 0 Å². The molecule has 0 fully saturated rings. The minimum absolute atomic E-state index is 0.655. The predicted molar refractivity (Wildman–Crippen MR) is 85.7 cm³/mol. The molecule has 0 atom stereocenters. The third kappa shape index (κ3) is 3.29. The molecule has 4 heteroatoms. The van der Waals surface area contributed by atoms with Gasteiger partial charge in [-0.05, 0) is 23.3 Å². The Balaban J connectivity index is 1.78. The van der Waals surface area contributed by atoms with E-state index in [4.69, 9.17) is 5.73 Å². The molecule has 1 aromatic carbocycles. The number of H-pyrrole nitrogens is 1. The molecule has 0 aliphatic carbocycles. The number of nitrogens with two attached hydrogens (primary N) is 1. The maximum Gasteiger partial charge on any atom is 0.0457 e. The molecule has 0 saturated carbocycles. The van der Waals surface area contributed by atoms with Gasteiger partial charge in [0.1, 0.15) is 0 Å². The van der Waals surface area contributed by atoms with Crippen molar-refractivity contribution in [1.29, 1.82) is 0 Å². The Labute approximate surface area is 124 Å². The van der Waals surface area contributed by atoms with Crippen molar-refractivity contribution in [3.8, 4) is 0 Å². The Morgan fingerprint density at radius 3 is 2.81 bits per heavy atom. The van der Waals surface area contributed by atoms with Gasteiger partial charge in [-0.25, -0.2) is 0 Å². The molecule has 3 aromatic rings. The molecule has 0 bridgehead atoms. The van der Waals surface area contributed by atoms with Gasteiger partial charge in [-0.3, -0.25) is 9.88 Å². The van der Waals surface area contributed by atoms with Crippen LogP contribution in [0.2, 0.25) is 0 Å². The summed E-state index contributed by atoms with van der Waals surface area (Å²) in [7, 11) is 0. The number of hydrogen-bond acceptors (Lipinski definition) is 3. The van der Waals surface area contributed by atoms with Gasteiger partial charge in [-0.1, -0.05) is 24.3 Å². The highest BCUT2D eigenvalue weighted by molar-refractivity contribution is 5.82. The molecule has 0 spiro atoms. The lowest BCUT2D eigenvalue weighted by atomic mass is 10.1. The first-order chi connectivity index (χ1) is 10.4. The number of nitrogens with zero attached hydrogens (tertiary/aromatic N) is 2. The van der Waals surface area contributed by atoms with Gasteiger partial charge in [-0.2, -0.15) is 0 Å². The topological polar surface area (TPSA) is 57.9 Å². The van der Waals surface area contributed by atoms with Gasteiger partial charge < -0.3 is 10.7 Å². The fourth-order valence-corrected chi connectivity index (χ4v) is 2.65. The molecule has 2 heterocycles. The zero-order chi connectivity index (χ0) is 14.5. The summed E-state index contributed by atoms with van der Waals surface area (Å²) in [6.07, 6.45) is 5.81. The number of fused-ring (bicyclic) bond motifs is 1. The van der Waals surface area contributed by atoms with Crippen molar-refractivity contribution in [3.63, 3.8) is 0 Å². The second-order valence-electron chi connectivity index (χ2n) is 5.22. The van der Waals surface area contributed by atoms with Gasteiger partial charge in [0, 0.05) is 55.7 Å². The summed E-state index contributed by atoms with van der Waals surface area (Å²) in [6.45, 7) is 3.28. The molecule has 0 saturated heterocycles. The Bertz CT molecular complexity index is 690. The fourth-order valence-electron chi connectivity index (χ4n) is 2.65. The highest BCUT2D eigenvalue weighted by Gasteiger charge is 2.10. The van der Waals surface area contributed by atoms with Gasteiger partial charge >= 0.3 is 0 Å². The highest BCUT2D eigenvalue weighted by Crippen LogP contribution is 2.20. The summed E-state index contributed by atoms with van der Waals surface area (Å²) < 4.78 is 0. The SMILES string of the molecule is NCCN(Cc1cccnc1)Cc1c[nH]c2ccccc12. The second kappa shape index (κ2) is 6.52. The first-order valence-electron chi connectivity index (χ1n) is 7.23.